The summed E-state index contributed by atoms with van der Waals surface area (Å²) in [5.41, 5.74) is 0.671. The predicted octanol–water partition coefficient (Wildman–Crippen LogP) is 3.68. The number of furan rings is 2. The number of rotatable bonds is 5. The Morgan fingerprint density at radius 1 is 1.23 bits per heavy atom. The van der Waals surface area contributed by atoms with Crippen LogP contribution < -0.4 is 4.74 Å². The maximum atomic E-state index is 12.7. The van der Waals surface area contributed by atoms with E-state index < -0.39 is 0 Å². The first-order valence-corrected chi connectivity index (χ1v) is 8.30. The van der Waals surface area contributed by atoms with Crippen LogP contribution in [0, 0.1) is 0 Å². The Morgan fingerprint density at radius 3 is 2.81 bits per heavy atom. The molecule has 0 saturated carbocycles. The van der Waals surface area contributed by atoms with Gasteiger partial charge in [0.15, 0.2) is 17.5 Å². The minimum Gasteiger partial charge on any atom is -0.480 e. The van der Waals surface area contributed by atoms with E-state index in [2.05, 4.69) is 10.1 Å². The molecule has 1 atom stereocenters. The minimum atomic E-state index is -0.356. The number of pyridine rings is 1. The van der Waals surface area contributed by atoms with E-state index in [0.29, 0.717) is 29.4 Å². The quantitative estimate of drug-likeness (QED) is 0.639. The average molecular weight is 372 g/mol. The Labute approximate surface area is 153 Å². The Hall–Kier alpha value is -3.06. The van der Waals surface area contributed by atoms with Crippen LogP contribution >= 0.6 is 11.6 Å². The van der Waals surface area contributed by atoms with Crippen LogP contribution in [0.15, 0.2) is 69.1 Å². The number of amides is 1. The number of carbonyl (C=O) groups is 1. The van der Waals surface area contributed by atoms with Crippen molar-refractivity contribution in [1.29, 1.82) is 0 Å². The third-order valence-electron chi connectivity index (χ3n) is 3.92. The zero-order valence-corrected chi connectivity index (χ0v) is 14.3. The summed E-state index contributed by atoms with van der Waals surface area (Å²) in [7, 11) is 0. The van der Waals surface area contributed by atoms with Crippen molar-refractivity contribution in [2.45, 2.75) is 12.5 Å². The normalized spacial score (nSPS) is 16.6. The van der Waals surface area contributed by atoms with Gasteiger partial charge in [-0.2, -0.15) is 5.10 Å². The lowest BCUT2D eigenvalue weighted by Gasteiger charge is -2.20. The third kappa shape index (κ3) is 3.21. The number of halogens is 1. The van der Waals surface area contributed by atoms with Crippen LogP contribution in [0.2, 0.25) is 5.15 Å². The standard InChI is InChI=1S/C18H14ClN3O4/c19-18-16(4-1-7-20-18)26-11-17(23)22-13(15-6-3-9-25-15)10-12(21-22)14-5-2-8-24-14/h1-9,13H,10-11H2/t13-/m0/s1. The van der Waals surface area contributed by atoms with Crippen LogP contribution in [0.25, 0.3) is 0 Å². The highest BCUT2D eigenvalue weighted by Crippen LogP contribution is 2.33. The summed E-state index contributed by atoms with van der Waals surface area (Å²) in [5, 5.41) is 5.98. The lowest BCUT2D eigenvalue weighted by molar-refractivity contribution is -0.135. The third-order valence-corrected chi connectivity index (χ3v) is 4.20. The molecule has 132 valence electrons. The second kappa shape index (κ2) is 7.05. The fraction of sp³-hybridized carbons (Fsp3) is 0.167. The van der Waals surface area contributed by atoms with Crippen LogP contribution in [0.5, 0.6) is 5.75 Å². The number of aromatic nitrogens is 1. The van der Waals surface area contributed by atoms with Crippen molar-refractivity contribution in [2.24, 2.45) is 5.10 Å². The number of hydrogen-bond donors (Lipinski definition) is 0. The van der Waals surface area contributed by atoms with Gasteiger partial charge >= 0.3 is 0 Å². The molecule has 0 unspecified atom stereocenters. The fourth-order valence-corrected chi connectivity index (χ4v) is 2.89. The van der Waals surface area contributed by atoms with Gasteiger partial charge in [0.2, 0.25) is 0 Å². The smallest absolute Gasteiger partial charge is 0.281 e. The van der Waals surface area contributed by atoms with Crippen molar-refractivity contribution < 1.29 is 18.4 Å². The number of hydrazone groups is 1. The molecule has 7 nitrogen and oxygen atoms in total. The molecule has 0 saturated heterocycles. The van der Waals surface area contributed by atoms with Gasteiger partial charge in [-0.15, -0.1) is 0 Å². The summed E-state index contributed by atoms with van der Waals surface area (Å²) in [5.74, 6) is 1.27. The highest BCUT2D eigenvalue weighted by molar-refractivity contribution is 6.30. The van der Waals surface area contributed by atoms with Crippen molar-refractivity contribution >= 4 is 23.2 Å². The molecule has 0 spiro atoms. The van der Waals surface area contributed by atoms with Gasteiger partial charge in [-0.25, -0.2) is 9.99 Å². The van der Waals surface area contributed by atoms with Gasteiger partial charge in [0, 0.05) is 12.6 Å². The second-order valence-electron chi connectivity index (χ2n) is 5.58. The maximum Gasteiger partial charge on any atom is 0.281 e. The van der Waals surface area contributed by atoms with Crippen molar-refractivity contribution in [2.75, 3.05) is 6.61 Å². The Bertz CT molecular complexity index is 922. The molecule has 1 aliphatic rings. The first-order chi connectivity index (χ1) is 12.7. The molecule has 8 heteroatoms. The molecule has 0 radical (unpaired) electrons. The zero-order valence-electron chi connectivity index (χ0n) is 13.5. The molecule has 4 heterocycles. The molecular weight excluding hydrogens is 358 g/mol. The van der Waals surface area contributed by atoms with Crippen LogP contribution in [0.1, 0.15) is 24.0 Å². The van der Waals surface area contributed by atoms with E-state index in [-0.39, 0.29) is 23.7 Å². The van der Waals surface area contributed by atoms with E-state index in [4.69, 9.17) is 25.2 Å². The summed E-state index contributed by atoms with van der Waals surface area (Å²) >= 11 is 5.95. The molecule has 3 aromatic heterocycles. The second-order valence-corrected chi connectivity index (χ2v) is 5.94. The SMILES string of the molecule is O=C(COc1cccnc1Cl)N1N=C(c2ccco2)C[C@H]1c1ccco1. The van der Waals surface area contributed by atoms with E-state index in [9.17, 15) is 4.79 Å². The molecule has 3 aromatic rings. The number of ether oxygens (including phenoxy) is 1. The number of carbonyl (C=O) groups excluding carboxylic acids is 1. The van der Waals surface area contributed by atoms with Crippen molar-refractivity contribution in [3.63, 3.8) is 0 Å². The lowest BCUT2D eigenvalue weighted by atomic mass is 10.1. The number of nitrogens with zero attached hydrogens (tertiary/aromatic N) is 3. The Kier molecular flexibility index (Phi) is 4.45. The van der Waals surface area contributed by atoms with E-state index in [1.54, 1.807) is 49.1 Å². The van der Waals surface area contributed by atoms with E-state index in [1.807, 2.05) is 6.07 Å². The van der Waals surface area contributed by atoms with Gasteiger partial charge in [-0.3, -0.25) is 4.79 Å². The lowest BCUT2D eigenvalue weighted by Crippen LogP contribution is -2.31. The van der Waals surface area contributed by atoms with Crippen molar-refractivity contribution in [3.8, 4) is 5.75 Å². The molecule has 26 heavy (non-hydrogen) atoms. The molecule has 4 rings (SSSR count). The molecule has 1 aliphatic heterocycles. The molecule has 0 aliphatic carbocycles. The summed E-state index contributed by atoms with van der Waals surface area (Å²) in [6.07, 6.45) is 5.16. The van der Waals surface area contributed by atoms with Gasteiger partial charge in [-0.1, -0.05) is 11.6 Å². The van der Waals surface area contributed by atoms with Gasteiger partial charge < -0.3 is 13.6 Å². The molecule has 1 amide bonds. The molecule has 0 N–H and O–H groups in total. The van der Waals surface area contributed by atoms with Gasteiger partial charge in [0.05, 0.1) is 12.5 Å². The summed E-state index contributed by atoms with van der Waals surface area (Å²) < 4.78 is 16.4. The minimum absolute atomic E-state index is 0.198. The van der Waals surface area contributed by atoms with Gasteiger partial charge in [-0.05, 0) is 36.4 Å². The van der Waals surface area contributed by atoms with E-state index in [1.165, 1.54) is 5.01 Å². The van der Waals surface area contributed by atoms with Crippen molar-refractivity contribution in [3.05, 3.63) is 71.8 Å². The monoisotopic (exact) mass is 371 g/mol. The van der Waals surface area contributed by atoms with E-state index in [0.717, 1.165) is 0 Å². The molecule has 0 fully saturated rings. The Morgan fingerprint density at radius 2 is 2.08 bits per heavy atom. The van der Waals surface area contributed by atoms with E-state index >= 15 is 0 Å². The van der Waals surface area contributed by atoms with Crippen LogP contribution in [0.4, 0.5) is 0 Å². The zero-order chi connectivity index (χ0) is 17.9. The summed E-state index contributed by atoms with van der Waals surface area (Å²) in [4.78, 5) is 16.6. The average Bonchev–Trinajstić information content (AvgIpc) is 3.41. The van der Waals surface area contributed by atoms with Crippen molar-refractivity contribution in [1.82, 2.24) is 9.99 Å². The Balaban J connectivity index is 1.54. The summed E-state index contributed by atoms with van der Waals surface area (Å²) in [6, 6.07) is 10.1. The molecule has 0 aromatic carbocycles. The van der Waals surface area contributed by atoms with Gasteiger partial charge in [0.1, 0.15) is 23.3 Å². The highest BCUT2D eigenvalue weighted by Gasteiger charge is 2.35. The summed E-state index contributed by atoms with van der Waals surface area (Å²) in [6.45, 7) is -0.225. The maximum absolute atomic E-state index is 12.7. The first kappa shape index (κ1) is 16.4. The fourth-order valence-electron chi connectivity index (χ4n) is 2.72. The number of hydrogen-bond acceptors (Lipinski definition) is 6. The largest absolute Gasteiger partial charge is 0.480 e. The predicted molar refractivity (Wildman–Crippen MR) is 92.9 cm³/mol. The molecular formula is C18H14ClN3O4. The topological polar surface area (TPSA) is 81.1 Å². The van der Waals surface area contributed by atoms with Crippen LogP contribution in [-0.4, -0.2) is 28.2 Å². The van der Waals surface area contributed by atoms with Gasteiger partial charge in [0.25, 0.3) is 5.91 Å². The highest BCUT2D eigenvalue weighted by atomic mass is 35.5. The van der Waals surface area contributed by atoms with Crippen LogP contribution in [0.3, 0.4) is 0 Å². The molecule has 0 bridgehead atoms. The first-order valence-electron chi connectivity index (χ1n) is 7.92. The van der Waals surface area contributed by atoms with Crippen LogP contribution in [-0.2, 0) is 4.79 Å².